The molecule has 4 aromatic rings. The van der Waals surface area contributed by atoms with Crippen LogP contribution in [-0.4, -0.2) is 4.98 Å². The molecule has 1 aliphatic carbocycles. The third-order valence-corrected chi connectivity index (χ3v) is 5.92. The Bertz CT molecular complexity index is 1260. The molecular formula is C27H25N. The quantitative estimate of drug-likeness (QED) is 0.278. The Morgan fingerprint density at radius 3 is 1.96 bits per heavy atom. The molecule has 5 rings (SSSR count). The molecule has 138 valence electrons. The Kier molecular flexibility index (Phi) is 3.55. The highest BCUT2D eigenvalue weighted by Crippen LogP contribution is 2.48. The fourth-order valence-electron chi connectivity index (χ4n) is 4.37. The number of rotatable bonds is 0. The highest BCUT2D eigenvalue weighted by atomic mass is 14.7. The second kappa shape index (κ2) is 5.78. The van der Waals surface area contributed by atoms with Gasteiger partial charge in [-0.05, 0) is 64.6 Å². The number of hydrogen-bond acceptors (Lipinski definition) is 1. The smallest absolute Gasteiger partial charge is 0.0792 e. The van der Waals surface area contributed by atoms with E-state index < -0.39 is 0 Å². The molecular weight excluding hydrogens is 338 g/mol. The van der Waals surface area contributed by atoms with Gasteiger partial charge < -0.3 is 0 Å². The monoisotopic (exact) mass is 363 g/mol. The maximum atomic E-state index is 4.87. The van der Waals surface area contributed by atoms with Crippen molar-refractivity contribution < 1.29 is 0 Å². The van der Waals surface area contributed by atoms with Crippen LogP contribution in [0.1, 0.15) is 37.5 Å². The van der Waals surface area contributed by atoms with Crippen LogP contribution in [0.3, 0.4) is 0 Å². The Labute approximate surface area is 167 Å². The van der Waals surface area contributed by atoms with Gasteiger partial charge in [-0.25, -0.2) is 0 Å². The molecule has 1 aromatic heterocycles. The lowest BCUT2D eigenvalue weighted by Gasteiger charge is -2.22. The lowest BCUT2D eigenvalue weighted by atomic mass is 9.82. The van der Waals surface area contributed by atoms with Gasteiger partial charge in [-0.15, -0.1) is 0 Å². The predicted molar refractivity (Wildman–Crippen MR) is 120 cm³/mol. The SMILES string of the molecule is Cc1ccc2c(c1)-c1cc(C)ccc1-c1nccc3cc(C(C)(C)C)cc-2c13. The zero-order valence-corrected chi connectivity index (χ0v) is 17.2. The summed E-state index contributed by atoms with van der Waals surface area (Å²) < 4.78 is 0. The van der Waals surface area contributed by atoms with Crippen LogP contribution in [0, 0.1) is 13.8 Å². The molecule has 0 radical (unpaired) electrons. The molecule has 0 saturated carbocycles. The van der Waals surface area contributed by atoms with E-state index in [9.17, 15) is 0 Å². The van der Waals surface area contributed by atoms with Gasteiger partial charge >= 0.3 is 0 Å². The maximum Gasteiger partial charge on any atom is 0.0792 e. The first-order valence-electron chi connectivity index (χ1n) is 9.98. The highest BCUT2D eigenvalue weighted by molar-refractivity contribution is 6.12. The van der Waals surface area contributed by atoms with Gasteiger partial charge in [0.2, 0.25) is 0 Å². The number of aromatic nitrogens is 1. The van der Waals surface area contributed by atoms with Gasteiger partial charge in [0, 0.05) is 17.1 Å². The highest BCUT2D eigenvalue weighted by Gasteiger charge is 2.25. The van der Waals surface area contributed by atoms with Crippen molar-refractivity contribution in [2.24, 2.45) is 0 Å². The van der Waals surface area contributed by atoms with E-state index in [1.807, 2.05) is 6.20 Å². The summed E-state index contributed by atoms with van der Waals surface area (Å²) in [6.07, 6.45) is 1.96. The number of hydrogen-bond donors (Lipinski definition) is 0. The molecule has 1 heterocycles. The molecule has 1 nitrogen and oxygen atoms in total. The standard InChI is InChI=1S/C27H25N/c1-16-6-8-20-22(12-16)23-13-17(2)7-9-21(23)26-25-18(10-11-28-26)14-19(15-24(20)25)27(3,4)5/h6-15H,1-5H3. The third kappa shape index (κ3) is 2.50. The maximum absolute atomic E-state index is 4.87. The minimum atomic E-state index is 0.0920. The number of aryl methyl sites for hydroxylation is 2. The van der Waals surface area contributed by atoms with Crippen LogP contribution in [0.25, 0.3) is 44.3 Å². The van der Waals surface area contributed by atoms with E-state index in [2.05, 4.69) is 89.2 Å². The van der Waals surface area contributed by atoms with Crippen molar-refractivity contribution in [3.05, 3.63) is 77.5 Å². The van der Waals surface area contributed by atoms with Gasteiger partial charge in [0.1, 0.15) is 0 Å². The molecule has 0 fully saturated rings. The van der Waals surface area contributed by atoms with Crippen molar-refractivity contribution in [1.82, 2.24) is 4.98 Å². The largest absolute Gasteiger partial charge is 0.256 e. The fraction of sp³-hybridized carbons (Fsp3) is 0.222. The van der Waals surface area contributed by atoms with Gasteiger partial charge in [0.25, 0.3) is 0 Å². The molecule has 3 aromatic carbocycles. The third-order valence-electron chi connectivity index (χ3n) is 5.92. The van der Waals surface area contributed by atoms with E-state index in [1.165, 1.54) is 55.3 Å². The molecule has 28 heavy (non-hydrogen) atoms. The van der Waals surface area contributed by atoms with Crippen molar-refractivity contribution in [2.45, 2.75) is 40.0 Å². The minimum absolute atomic E-state index is 0.0920. The molecule has 0 N–H and O–H groups in total. The van der Waals surface area contributed by atoms with Gasteiger partial charge in [-0.2, -0.15) is 0 Å². The van der Waals surface area contributed by atoms with Gasteiger partial charge in [0.05, 0.1) is 5.69 Å². The first-order valence-corrected chi connectivity index (χ1v) is 9.98. The molecule has 0 unspecified atom stereocenters. The van der Waals surface area contributed by atoms with E-state index in [4.69, 9.17) is 4.98 Å². The lowest BCUT2D eigenvalue weighted by molar-refractivity contribution is 0.591. The average Bonchev–Trinajstić information content (AvgIpc) is 2.76. The minimum Gasteiger partial charge on any atom is -0.256 e. The lowest BCUT2D eigenvalue weighted by Crippen LogP contribution is -2.11. The normalized spacial score (nSPS) is 12.5. The van der Waals surface area contributed by atoms with Gasteiger partial charge in [-0.1, -0.05) is 74.4 Å². The van der Waals surface area contributed by atoms with Crippen molar-refractivity contribution in [1.29, 1.82) is 0 Å². The van der Waals surface area contributed by atoms with Gasteiger partial charge in [-0.3, -0.25) is 4.98 Å². The molecule has 0 atom stereocenters. The van der Waals surface area contributed by atoms with Crippen LogP contribution < -0.4 is 0 Å². The van der Waals surface area contributed by atoms with Crippen LogP contribution in [0.4, 0.5) is 0 Å². The van der Waals surface area contributed by atoms with E-state index in [-0.39, 0.29) is 5.41 Å². The molecule has 0 spiro atoms. The molecule has 0 saturated heterocycles. The fourth-order valence-corrected chi connectivity index (χ4v) is 4.37. The first kappa shape index (κ1) is 17.2. The van der Waals surface area contributed by atoms with Crippen LogP contribution in [0.5, 0.6) is 0 Å². The summed E-state index contributed by atoms with van der Waals surface area (Å²) in [6.45, 7) is 11.2. The van der Waals surface area contributed by atoms with Crippen molar-refractivity contribution in [2.75, 3.05) is 0 Å². The summed E-state index contributed by atoms with van der Waals surface area (Å²) in [5, 5.41) is 2.54. The number of pyridine rings is 1. The summed E-state index contributed by atoms with van der Waals surface area (Å²) in [5.74, 6) is 0. The predicted octanol–water partition coefficient (Wildman–Crippen LogP) is 7.46. The molecule has 1 aliphatic rings. The summed E-state index contributed by atoms with van der Waals surface area (Å²) in [4.78, 5) is 4.87. The zero-order chi connectivity index (χ0) is 19.6. The zero-order valence-electron chi connectivity index (χ0n) is 17.2. The van der Waals surface area contributed by atoms with Crippen LogP contribution >= 0.6 is 0 Å². The summed E-state index contributed by atoms with van der Waals surface area (Å²) in [7, 11) is 0. The number of benzene rings is 3. The van der Waals surface area contributed by atoms with E-state index >= 15 is 0 Å². The van der Waals surface area contributed by atoms with Crippen molar-refractivity contribution in [3.8, 4) is 33.5 Å². The summed E-state index contributed by atoms with van der Waals surface area (Å²) in [6, 6.07) is 20.5. The first-order chi connectivity index (χ1) is 13.3. The van der Waals surface area contributed by atoms with Crippen LogP contribution in [0.2, 0.25) is 0 Å². The van der Waals surface area contributed by atoms with Gasteiger partial charge in [0.15, 0.2) is 0 Å². The summed E-state index contributed by atoms with van der Waals surface area (Å²) >= 11 is 0. The van der Waals surface area contributed by atoms with E-state index in [0.29, 0.717) is 0 Å². The Balaban J connectivity index is 2.02. The van der Waals surface area contributed by atoms with E-state index in [1.54, 1.807) is 0 Å². The Morgan fingerprint density at radius 1 is 0.643 bits per heavy atom. The summed E-state index contributed by atoms with van der Waals surface area (Å²) in [5.41, 5.74) is 11.5. The Hall–Kier alpha value is -2.93. The topological polar surface area (TPSA) is 12.9 Å². The van der Waals surface area contributed by atoms with Crippen molar-refractivity contribution in [3.63, 3.8) is 0 Å². The molecule has 0 bridgehead atoms. The molecule has 0 amide bonds. The molecule has 0 aliphatic heterocycles. The van der Waals surface area contributed by atoms with Crippen molar-refractivity contribution >= 4 is 10.8 Å². The van der Waals surface area contributed by atoms with E-state index in [0.717, 1.165) is 5.69 Å². The number of nitrogens with zero attached hydrogens (tertiary/aromatic N) is 1. The second-order valence-electron chi connectivity index (χ2n) is 9.13. The van der Waals surface area contributed by atoms with Crippen LogP contribution in [0.15, 0.2) is 60.8 Å². The second-order valence-corrected chi connectivity index (χ2v) is 9.13. The average molecular weight is 364 g/mol. The van der Waals surface area contributed by atoms with Crippen LogP contribution in [-0.2, 0) is 5.41 Å². The number of fused-ring (bicyclic) bond motifs is 5. The Morgan fingerprint density at radius 2 is 1.29 bits per heavy atom. The molecule has 1 heteroatoms.